The van der Waals surface area contributed by atoms with Crippen molar-refractivity contribution in [2.75, 3.05) is 44.3 Å². The summed E-state index contributed by atoms with van der Waals surface area (Å²) >= 11 is 0. The Morgan fingerprint density at radius 3 is 2.39 bits per heavy atom. The van der Waals surface area contributed by atoms with Gasteiger partial charge in [-0.15, -0.1) is 0 Å². The molecule has 8 nitrogen and oxygen atoms in total. The van der Waals surface area contributed by atoms with Crippen LogP contribution in [0.15, 0.2) is 41.3 Å². The minimum absolute atomic E-state index is 0.0315. The van der Waals surface area contributed by atoms with E-state index in [0.29, 0.717) is 63.5 Å². The summed E-state index contributed by atoms with van der Waals surface area (Å²) in [5, 5.41) is 5.34. The molecule has 2 fully saturated rings. The van der Waals surface area contributed by atoms with Gasteiger partial charge in [0.1, 0.15) is 11.9 Å². The highest BCUT2D eigenvalue weighted by atomic mass is 32.2. The van der Waals surface area contributed by atoms with Gasteiger partial charge in [0, 0.05) is 44.7 Å². The van der Waals surface area contributed by atoms with E-state index in [4.69, 9.17) is 14.6 Å². The number of nitrogens with zero attached hydrogens (tertiary/aromatic N) is 2. The second kappa shape index (κ2) is 9.70. The number of carbonyl (C=O) groups excluding carboxylic acids is 1. The van der Waals surface area contributed by atoms with E-state index in [1.165, 1.54) is 12.1 Å². The summed E-state index contributed by atoms with van der Waals surface area (Å²) < 4.78 is 35.5. The van der Waals surface area contributed by atoms with E-state index >= 15 is 0 Å². The molecule has 0 spiro atoms. The smallest absolute Gasteiger partial charge is 0.256 e. The first kappa shape index (κ1) is 23.5. The fraction of sp³-hybridized carbons (Fsp3) is 0.458. The summed E-state index contributed by atoms with van der Waals surface area (Å²) in [7, 11) is -3.92. The summed E-state index contributed by atoms with van der Waals surface area (Å²) in [6, 6.07) is 10.7. The second-order valence-corrected chi connectivity index (χ2v) is 10.3. The van der Waals surface area contributed by atoms with E-state index in [1.54, 1.807) is 11.0 Å². The number of piperidine rings is 1. The van der Waals surface area contributed by atoms with Crippen molar-refractivity contribution < 1.29 is 22.7 Å². The zero-order valence-corrected chi connectivity index (χ0v) is 19.9. The molecule has 33 heavy (non-hydrogen) atoms. The van der Waals surface area contributed by atoms with E-state index in [2.05, 4.69) is 17.0 Å². The fourth-order valence-corrected chi connectivity index (χ4v) is 4.84. The van der Waals surface area contributed by atoms with Gasteiger partial charge < -0.3 is 19.3 Å². The van der Waals surface area contributed by atoms with Gasteiger partial charge in [-0.25, -0.2) is 13.6 Å². The number of morpholine rings is 1. The Morgan fingerprint density at radius 1 is 1.03 bits per heavy atom. The predicted molar refractivity (Wildman–Crippen MR) is 126 cm³/mol. The van der Waals surface area contributed by atoms with Crippen LogP contribution in [0.2, 0.25) is 0 Å². The minimum Gasteiger partial charge on any atom is -0.490 e. The van der Waals surface area contributed by atoms with Gasteiger partial charge >= 0.3 is 0 Å². The van der Waals surface area contributed by atoms with Crippen LogP contribution in [0.25, 0.3) is 0 Å². The molecular weight excluding hydrogens is 442 g/mol. The summed E-state index contributed by atoms with van der Waals surface area (Å²) in [5.74, 6) is 0.697. The molecule has 2 aromatic rings. The lowest BCUT2D eigenvalue weighted by Gasteiger charge is -2.35. The van der Waals surface area contributed by atoms with Crippen LogP contribution >= 0.6 is 0 Å². The zero-order valence-electron chi connectivity index (χ0n) is 19.1. The quantitative estimate of drug-likeness (QED) is 0.716. The SMILES string of the molecule is Cc1ccc(C)c(OC2CCN(C(=O)c3cc(S(N)(=O)=O)ccc3N3CCOCC3)CC2)c1. The van der Waals surface area contributed by atoms with E-state index in [0.717, 1.165) is 16.9 Å². The van der Waals surface area contributed by atoms with Crippen LogP contribution in [-0.4, -0.2) is 64.7 Å². The Labute approximate surface area is 195 Å². The maximum Gasteiger partial charge on any atom is 0.256 e. The monoisotopic (exact) mass is 473 g/mol. The Kier molecular flexibility index (Phi) is 6.92. The van der Waals surface area contributed by atoms with Crippen molar-refractivity contribution >= 4 is 21.6 Å². The molecule has 0 aromatic heterocycles. The van der Waals surface area contributed by atoms with E-state index in [9.17, 15) is 13.2 Å². The maximum absolute atomic E-state index is 13.5. The number of primary sulfonamides is 1. The first-order chi connectivity index (χ1) is 15.7. The number of likely N-dealkylation sites (tertiary alicyclic amines) is 1. The minimum atomic E-state index is -3.92. The number of nitrogens with two attached hydrogens (primary N) is 1. The average Bonchev–Trinajstić information content (AvgIpc) is 2.81. The lowest BCUT2D eigenvalue weighted by molar-refractivity contribution is 0.0594. The summed E-state index contributed by atoms with van der Waals surface area (Å²) in [4.78, 5) is 17.3. The summed E-state index contributed by atoms with van der Waals surface area (Å²) in [6.45, 7) is 7.54. The Bertz CT molecular complexity index is 1120. The number of anilines is 1. The number of aryl methyl sites for hydroxylation is 2. The molecule has 0 saturated carbocycles. The molecule has 2 N–H and O–H groups in total. The van der Waals surface area contributed by atoms with Crippen LogP contribution in [0.3, 0.4) is 0 Å². The number of benzene rings is 2. The third kappa shape index (κ3) is 5.48. The number of ether oxygens (including phenoxy) is 2. The van der Waals surface area contributed by atoms with Crippen LogP contribution in [-0.2, 0) is 14.8 Å². The summed E-state index contributed by atoms with van der Waals surface area (Å²) in [5.41, 5.74) is 3.31. The zero-order chi connectivity index (χ0) is 23.6. The number of sulfonamides is 1. The molecular formula is C24H31N3O5S. The van der Waals surface area contributed by atoms with Crippen LogP contribution in [0.5, 0.6) is 5.75 Å². The standard InChI is InChI=1S/C24H31N3O5S/c1-17-3-4-18(2)23(15-17)32-19-7-9-27(10-8-19)24(28)21-16-20(33(25,29)30)5-6-22(21)26-11-13-31-14-12-26/h3-6,15-16,19H,7-14H2,1-2H3,(H2,25,29,30). The molecule has 0 radical (unpaired) electrons. The second-order valence-electron chi connectivity index (χ2n) is 8.70. The Balaban J connectivity index is 1.51. The topological polar surface area (TPSA) is 102 Å². The predicted octanol–water partition coefficient (Wildman–Crippen LogP) is 2.47. The molecule has 2 heterocycles. The van der Waals surface area contributed by atoms with Crippen molar-refractivity contribution in [2.24, 2.45) is 5.14 Å². The first-order valence-electron chi connectivity index (χ1n) is 11.2. The summed E-state index contributed by atoms with van der Waals surface area (Å²) in [6.07, 6.45) is 1.45. The average molecular weight is 474 g/mol. The van der Waals surface area contributed by atoms with Gasteiger partial charge in [-0.2, -0.15) is 0 Å². The van der Waals surface area contributed by atoms with Gasteiger partial charge in [0.2, 0.25) is 10.0 Å². The molecule has 0 bridgehead atoms. The number of amides is 1. The molecule has 2 aliphatic heterocycles. The van der Waals surface area contributed by atoms with Gasteiger partial charge in [0.15, 0.2) is 0 Å². The Hall–Kier alpha value is -2.62. The van der Waals surface area contributed by atoms with Gasteiger partial charge in [-0.05, 0) is 49.2 Å². The molecule has 2 aliphatic rings. The van der Waals surface area contributed by atoms with E-state index in [-0.39, 0.29) is 16.9 Å². The maximum atomic E-state index is 13.5. The van der Waals surface area contributed by atoms with Crippen molar-refractivity contribution in [2.45, 2.75) is 37.7 Å². The number of hydrogen-bond donors (Lipinski definition) is 1. The highest BCUT2D eigenvalue weighted by molar-refractivity contribution is 7.89. The molecule has 9 heteroatoms. The van der Waals surface area contributed by atoms with Gasteiger partial charge in [-0.1, -0.05) is 12.1 Å². The largest absolute Gasteiger partial charge is 0.490 e. The van der Waals surface area contributed by atoms with Crippen molar-refractivity contribution in [1.29, 1.82) is 0 Å². The highest BCUT2D eigenvalue weighted by Crippen LogP contribution is 2.29. The highest BCUT2D eigenvalue weighted by Gasteiger charge is 2.29. The lowest BCUT2D eigenvalue weighted by Crippen LogP contribution is -2.43. The molecule has 2 saturated heterocycles. The molecule has 2 aromatic carbocycles. The molecule has 1 amide bonds. The van der Waals surface area contributed by atoms with Gasteiger partial charge in [0.05, 0.1) is 23.7 Å². The van der Waals surface area contributed by atoms with Crippen molar-refractivity contribution in [3.05, 3.63) is 53.1 Å². The van der Waals surface area contributed by atoms with Crippen LogP contribution in [0, 0.1) is 13.8 Å². The number of hydrogen-bond acceptors (Lipinski definition) is 6. The van der Waals surface area contributed by atoms with Crippen molar-refractivity contribution in [3.63, 3.8) is 0 Å². The number of rotatable bonds is 5. The van der Waals surface area contributed by atoms with E-state index in [1.807, 2.05) is 19.9 Å². The molecule has 178 valence electrons. The van der Waals surface area contributed by atoms with Crippen LogP contribution in [0.1, 0.15) is 34.3 Å². The third-order valence-electron chi connectivity index (χ3n) is 6.25. The van der Waals surface area contributed by atoms with Gasteiger partial charge in [0.25, 0.3) is 5.91 Å². The van der Waals surface area contributed by atoms with Crippen LogP contribution in [0.4, 0.5) is 5.69 Å². The molecule has 4 rings (SSSR count). The molecule has 0 atom stereocenters. The molecule has 0 aliphatic carbocycles. The van der Waals surface area contributed by atoms with Crippen molar-refractivity contribution in [1.82, 2.24) is 4.90 Å². The molecule has 0 unspecified atom stereocenters. The first-order valence-corrected chi connectivity index (χ1v) is 12.8. The van der Waals surface area contributed by atoms with Gasteiger partial charge in [-0.3, -0.25) is 4.79 Å². The lowest BCUT2D eigenvalue weighted by atomic mass is 10.0. The normalized spacial score (nSPS) is 17.8. The third-order valence-corrected chi connectivity index (χ3v) is 7.16. The van der Waals surface area contributed by atoms with E-state index < -0.39 is 10.0 Å². The van der Waals surface area contributed by atoms with Crippen LogP contribution < -0.4 is 14.8 Å². The number of carbonyl (C=O) groups is 1. The fourth-order valence-electron chi connectivity index (χ4n) is 4.30. The van der Waals surface area contributed by atoms with Crippen molar-refractivity contribution in [3.8, 4) is 5.75 Å². The Morgan fingerprint density at radius 2 is 1.73 bits per heavy atom.